The summed E-state index contributed by atoms with van der Waals surface area (Å²) in [7, 11) is 0. The third-order valence-corrected chi connectivity index (χ3v) is 1.42. The van der Waals surface area contributed by atoms with Crippen LogP contribution < -0.4 is 0 Å². The van der Waals surface area contributed by atoms with Gasteiger partial charge in [0, 0.05) is 6.42 Å². The molecule has 1 N–H and O–H groups in total. The van der Waals surface area contributed by atoms with Crippen LogP contribution in [0.5, 0.6) is 0 Å². The number of carbonyl (C=O) groups is 1. The zero-order chi connectivity index (χ0) is 7.11. The van der Waals surface area contributed by atoms with E-state index in [0.29, 0.717) is 12.3 Å². The summed E-state index contributed by atoms with van der Waals surface area (Å²) in [6.45, 7) is 2.03. The molecule has 0 rings (SSSR count). The normalized spacial score (nSPS) is 12.6. The summed E-state index contributed by atoms with van der Waals surface area (Å²) in [6, 6.07) is 0. The Kier molecular flexibility index (Phi) is 5.07. The lowest BCUT2D eigenvalue weighted by atomic mass is 10.0. The summed E-state index contributed by atoms with van der Waals surface area (Å²) >= 11 is 0. The molecule has 0 aromatic rings. The van der Waals surface area contributed by atoms with Crippen molar-refractivity contribution in [3.8, 4) is 0 Å². The first-order valence-corrected chi connectivity index (χ1v) is 3.29. The third-order valence-electron chi connectivity index (χ3n) is 1.42. The van der Waals surface area contributed by atoms with Gasteiger partial charge in [0.25, 0.3) is 0 Å². The second-order valence-electron chi connectivity index (χ2n) is 2.08. The lowest BCUT2D eigenvalue weighted by Crippen LogP contribution is -1.98. The monoisotopic (exact) mass is 127 g/mol. The van der Waals surface area contributed by atoms with E-state index in [2.05, 4.69) is 0 Å². The third kappa shape index (κ3) is 3.88. The highest BCUT2D eigenvalue weighted by Crippen LogP contribution is 2.05. The predicted molar refractivity (Wildman–Crippen MR) is 37.9 cm³/mol. The second kappa shape index (κ2) is 5.48. The van der Waals surface area contributed by atoms with Crippen molar-refractivity contribution in [1.82, 2.24) is 0 Å². The molecule has 1 atom stereocenters. The van der Waals surface area contributed by atoms with Gasteiger partial charge in [0.1, 0.15) is 6.29 Å². The first-order valence-electron chi connectivity index (χ1n) is 3.29. The Bertz CT molecular complexity index is 90.9. The molecule has 9 heavy (non-hydrogen) atoms. The van der Waals surface area contributed by atoms with E-state index in [-0.39, 0.29) is 0 Å². The highest BCUT2D eigenvalue weighted by Gasteiger charge is 1.99. The Morgan fingerprint density at radius 3 is 2.67 bits per heavy atom. The number of hydrogen-bond donors (Lipinski definition) is 1. The molecule has 0 amide bonds. The summed E-state index contributed by atoms with van der Waals surface area (Å²) in [5.41, 5.74) is 0. The first kappa shape index (κ1) is 8.34. The molecule has 2 nitrogen and oxygen atoms in total. The van der Waals surface area contributed by atoms with E-state index in [1.54, 1.807) is 0 Å². The maximum Gasteiger partial charge on any atom is 0.120 e. The topological polar surface area (TPSA) is 40.9 Å². The van der Waals surface area contributed by atoms with Gasteiger partial charge in [-0.25, -0.2) is 0 Å². The smallest absolute Gasteiger partial charge is 0.120 e. The van der Waals surface area contributed by atoms with E-state index >= 15 is 0 Å². The van der Waals surface area contributed by atoms with Crippen LogP contribution in [0.15, 0.2) is 0 Å². The maximum absolute atomic E-state index is 9.87. The van der Waals surface area contributed by atoms with E-state index < -0.39 is 0 Å². The van der Waals surface area contributed by atoms with Crippen LogP contribution in [-0.4, -0.2) is 12.5 Å². The van der Waals surface area contributed by atoms with Gasteiger partial charge in [0.2, 0.25) is 0 Å². The molecule has 0 heterocycles. The van der Waals surface area contributed by atoms with E-state index in [1.165, 1.54) is 6.21 Å². The van der Waals surface area contributed by atoms with Crippen molar-refractivity contribution >= 4 is 12.5 Å². The molecule has 0 bridgehead atoms. The van der Waals surface area contributed by atoms with Crippen molar-refractivity contribution in [2.24, 2.45) is 5.92 Å². The van der Waals surface area contributed by atoms with Crippen LogP contribution >= 0.6 is 0 Å². The van der Waals surface area contributed by atoms with E-state index in [1.807, 2.05) is 6.92 Å². The minimum atomic E-state index is 0.315. The summed E-state index contributed by atoms with van der Waals surface area (Å²) in [5.74, 6) is 0.315. The van der Waals surface area contributed by atoms with Gasteiger partial charge in [-0.05, 0) is 25.0 Å². The minimum Gasteiger partial charge on any atom is -0.313 e. The molecule has 0 fully saturated rings. The van der Waals surface area contributed by atoms with Crippen molar-refractivity contribution in [3.63, 3.8) is 0 Å². The molecule has 0 spiro atoms. The Labute approximate surface area is 55.8 Å². The number of aldehydes is 1. The van der Waals surface area contributed by atoms with Gasteiger partial charge >= 0.3 is 0 Å². The lowest BCUT2D eigenvalue weighted by Gasteiger charge is -2.02. The fourth-order valence-electron chi connectivity index (χ4n) is 0.687. The van der Waals surface area contributed by atoms with Crippen molar-refractivity contribution in [1.29, 1.82) is 5.41 Å². The number of rotatable bonds is 5. The molecule has 0 aliphatic heterocycles. The van der Waals surface area contributed by atoms with Crippen LogP contribution in [-0.2, 0) is 4.79 Å². The fourth-order valence-corrected chi connectivity index (χ4v) is 0.687. The van der Waals surface area contributed by atoms with Gasteiger partial charge in [-0.15, -0.1) is 0 Å². The number of nitrogens with one attached hydrogen (secondary N) is 1. The molecule has 0 aliphatic rings. The highest BCUT2D eigenvalue weighted by molar-refractivity contribution is 5.58. The van der Waals surface area contributed by atoms with Gasteiger partial charge in [0.05, 0.1) is 0 Å². The average molecular weight is 127 g/mol. The van der Waals surface area contributed by atoms with E-state index in [9.17, 15) is 4.79 Å². The molecule has 0 aromatic heterocycles. The minimum absolute atomic E-state index is 0.315. The molecule has 2 heteroatoms. The SMILES string of the molecule is CC[C@@H](C=N)CCC=O. The van der Waals surface area contributed by atoms with Crippen LogP contribution in [0.2, 0.25) is 0 Å². The zero-order valence-corrected chi connectivity index (χ0v) is 5.76. The summed E-state index contributed by atoms with van der Waals surface area (Å²) in [6.07, 6.45) is 4.73. The lowest BCUT2D eigenvalue weighted by molar-refractivity contribution is -0.108. The highest BCUT2D eigenvalue weighted by atomic mass is 16.1. The van der Waals surface area contributed by atoms with Crippen LogP contribution in [0, 0.1) is 11.3 Å². The Morgan fingerprint density at radius 2 is 2.33 bits per heavy atom. The standard InChI is InChI=1S/C7H13NO/c1-2-7(6-8)4-3-5-9/h5-8H,2-4H2,1H3/t7-/m1/s1. The van der Waals surface area contributed by atoms with E-state index in [0.717, 1.165) is 19.1 Å². The van der Waals surface area contributed by atoms with Crippen molar-refractivity contribution in [2.75, 3.05) is 0 Å². The van der Waals surface area contributed by atoms with Crippen LogP contribution in [0.4, 0.5) is 0 Å². The maximum atomic E-state index is 9.87. The second-order valence-corrected chi connectivity index (χ2v) is 2.08. The Hall–Kier alpha value is -0.660. The van der Waals surface area contributed by atoms with Gasteiger partial charge in [-0.3, -0.25) is 0 Å². The molecule has 0 unspecified atom stereocenters. The van der Waals surface area contributed by atoms with E-state index in [4.69, 9.17) is 5.41 Å². The van der Waals surface area contributed by atoms with Gasteiger partial charge in [0.15, 0.2) is 0 Å². The molecule has 0 aliphatic carbocycles. The van der Waals surface area contributed by atoms with Crippen LogP contribution in [0.1, 0.15) is 26.2 Å². The van der Waals surface area contributed by atoms with Crippen molar-refractivity contribution in [3.05, 3.63) is 0 Å². The van der Waals surface area contributed by atoms with Crippen LogP contribution in [0.25, 0.3) is 0 Å². The summed E-state index contributed by atoms with van der Waals surface area (Å²) < 4.78 is 0. The molecule has 0 aromatic carbocycles. The van der Waals surface area contributed by atoms with Gasteiger partial charge in [-0.1, -0.05) is 6.92 Å². The van der Waals surface area contributed by atoms with Crippen molar-refractivity contribution in [2.45, 2.75) is 26.2 Å². The molecule has 52 valence electrons. The van der Waals surface area contributed by atoms with Gasteiger partial charge in [-0.2, -0.15) is 0 Å². The quantitative estimate of drug-likeness (QED) is 0.442. The Morgan fingerprint density at radius 1 is 1.67 bits per heavy atom. The predicted octanol–water partition coefficient (Wildman–Crippen LogP) is 1.64. The fraction of sp³-hybridized carbons (Fsp3) is 0.714. The molecule has 0 radical (unpaired) electrons. The molecule has 0 saturated carbocycles. The van der Waals surface area contributed by atoms with Gasteiger partial charge < -0.3 is 10.2 Å². The largest absolute Gasteiger partial charge is 0.313 e. The number of carbonyl (C=O) groups excluding carboxylic acids is 1. The first-order chi connectivity index (χ1) is 4.35. The summed E-state index contributed by atoms with van der Waals surface area (Å²) in [5, 5.41) is 6.90. The zero-order valence-electron chi connectivity index (χ0n) is 5.76. The van der Waals surface area contributed by atoms with Crippen LogP contribution in [0.3, 0.4) is 0 Å². The van der Waals surface area contributed by atoms with Crippen molar-refractivity contribution < 1.29 is 4.79 Å². The number of hydrogen-bond acceptors (Lipinski definition) is 2. The Balaban J connectivity index is 3.30. The molecule has 0 saturated heterocycles. The summed E-state index contributed by atoms with van der Waals surface area (Å²) in [4.78, 5) is 9.87. The molecular formula is C7H13NO. The molecular weight excluding hydrogens is 114 g/mol. The average Bonchev–Trinajstić information content (AvgIpc) is 1.91.